The van der Waals surface area contributed by atoms with Gasteiger partial charge < -0.3 is 15.0 Å². The van der Waals surface area contributed by atoms with E-state index in [1.54, 1.807) is 7.11 Å². The molecule has 1 aromatic carbocycles. The van der Waals surface area contributed by atoms with Gasteiger partial charge in [0.05, 0.1) is 36.9 Å². The molecular weight excluding hydrogens is 326 g/mol. The van der Waals surface area contributed by atoms with Crippen LogP contribution in [0.25, 0.3) is 0 Å². The average Bonchev–Trinajstić information content (AvgIpc) is 2.67. The molecular formula is C20H21N5O. The van der Waals surface area contributed by atoms with Gasteiger partial charge in [0, 0.05) is 12.5 Å². The Morgan fingerprint density at radius 3 is 2.35 bits per heavy atom. The number of rotatable bonds is 2. The van der Waals surface area contributed by atoms with Gasteiger partial charge in [0.15, 0.2) is 5.41 Å². The fourth-order valence-corrected chi connectivity index (χ4v) is 4.64. The maximum atomic E-state index is 9.95. The quantitative estimate of drug-likeness (QED) is 0.884. The minimum Gasteiger partial charge on any atom is -0.497 e. The lowest BCUT2D eigenvalue weighted by atomic mass is 9.51. The second-order valence-electron chi connectivity index (χ2n) is 7.18. The van der Waals surface area contributed by atoms with Crippen molar-refractivity contribution in [2.45, 2.75) is 12.3 Å². The van der Waals surface area contributed by atoms with Crippen LogP contribution in [0, 0.1) is 62.6 Å². The van der Waals surface area contributed by atoms with Crippen molar-refractivity contribution in [2.24, 2.45) is 23.2 Å². The maximum Gasteiger partial charge on any atom is 0.189 e. The van der Waals surface area contributed by atoms with E-state index in [2.05, 4.69) is 23.1 Å². The zero-order chi connectivity index (χ0) is 18.9. The van der Waals surface area contributed by atoms with E-state index in [-0.39, 0.29) is 17.5 Å². The standard InChI is InChI=1S/C20H21N5O/c1-25-8-7-15-16(9-21)19(24)20(11-22,12-23)18(17(15)10-25)13-3-5-14(26-2)6-4-13/h3-6,15-18,24H,7-8,10H2,1-2H3/t15-,16?,17-,18-/m0/s1. The molecule has 4 atom stereocenters. The Bertz CT molecular complexity index is 812. The summed E-state index contributed by atoms with van der Waals surface area (Å²) in [4.78, 5) is 2.18. The highest BCUT2D eigenvalue weighted by atomic mass is 16.5. The summed E-state index contributed by atoms with van der Waals surface area (Å²) in [5, 5.41) is 38.2. The third kappa shape index (κ3) is 2.53. The zero-order valence-electron chi connectivity index (χ0n) is 14.9. The summed E-state index contributed by atoms with van der Waals surface area (Å²) in [5.74, 6) is -0.451. The number of fused-ring (bicyclic) bond motifs is 1. The first-order valence-electron chi connectivity index (χ1n) is 8.66. The molecule has 1 aliphatic carbocycles. The minimum absolute atomic E-state index is 0.00868. The van der Waals surface area contributed by atoms with Gasteiger partial charge in [0.25, 0.3) is 0 Å². The van der Waals surface area contributed by atoms with Crippen molar-refractivity contribution in [1.82, 2.24) is 4.90 Å². The van der Waals surface area contributed by atoms with E-state index in [1.165, 1.54) is 0 Å². The smallest absolute Gasteiger partial charge is 0.189 e. The van der Waals surface area contributed by atoms with Crippen LogP contribution in [-0.2, 0) is 0 Å². The van der Waals surface area contributed by atoms with Gasteiger partial charge in [0.1, 0.15) is 5.75 Å². The molecule has 2 aliphatic rings. The van der Waals surface area contributed by atoms with Gasteiger partial charge in [-0.2, -0.15) is 15.8 Å². The predicted molar refractivity (Wildman–Crippen MR) is 95.3 cm³/mol. The second kappa shape index (κ2) is 6.79. The molecule has 1 saturated carbocycles. The number of nitrogens with one attached hydrogen (secondary N) is 1. The van der Waals surface area contributed by atoms with Gasteiger partial charge in [-0.15, -0.1) is 0 Å². The molecule has 132 valence electrons. The number of nitriles is 3. The van der Waals surface area contributed by atoms with Crippen LogP contribution in [0.3, 0.4) is 0 Å². The molecule has 0 bridgehead atoms. The number of hydrogen-bond donors (Lipinski definition) is 1. The summed E-state index contributed by atoms with van der Waals surface area (Å²) in [6, 6.07) is 13.8. The number of likely N-dealkylation sites (tertiary alicyclic amines) is 1. The first kappa shape index (κ1) is 17.9. The molecule has 1 aliphatic heterocycles. The fourth-order valence-electron chi connectivity index (χ4n) is 4.64. The van der Waals surface area contributed by atoms with E-state index >= 15 is 0 Å². The molecule has 1 heterocycles. The summed E-state index contributed by atoms with van der Waals surface area (Å²) in [6.45, 7) is 1.56. The highest BCUT2D eigenvalue weighted by molar-refractivity contribution is 5.98. The van der Waals surface area contributed by atoms with Crippen molar-refractivity contribution in [2.75, 3.05) is 27.2 Å². The molecule has 1 aromatic rings. The Morgan fingerprint density at radius 2 is 1.81 bits per heavy atom. The monoisotopic (exact) mass is 347 g/mol. The Labute approximate surface area is 153 Å². The van der Waals surface area contributed by atoms with Crippen LogP contribution >= 0.6 is 0 Å². The SMILES string of the molecule is COc1ccc([C@H]2[C@H]3CN(C)CC[C@H]3C(C#N)C(=N)C2(C#N)C#N)cc1. The first-order valence-corrected chi connectivity index (χ1v) is 8.66. The number of benzene rings is 1. The molecule has 3 rings (SSSR count). The van der Waals surface area contributed by atoms with Gasteiger partial charge in [0.2, 0.25) is 0 Å². The van der Waals surface area contributed by atoms with Crippen LogP contribution in [0.4, 0.5) is 0 Å². The topological polar surface area (TPSA) is 108 Å². The highest BCUT2D eigenvalue weighted by Gasteiger charge is 2.59. The highest BCUT2D eigenvalue weighted by Crippen LogP contribution is 2.54. The molecule has 1 saturated heterocycles. The van der Waals surface area contributed by atoms with Crippen molar-refractivity contribution in [3.8, 4) is 24.0 Å². The van der Waals surface area contributed by atoms with Crippen molar-refractivity contribution in [3.63, 3.8) is 0 Å². The van der Waals surface area contributed by atoms with Crippen molar-refractivity contribution in [1.29, 1.82) is 21.2 Å². The molecule has 6 nitrogen and oxygen atoms in total. The van der Waals surface area contributed by atoms with Gasteiger partial charge in [-0.1, -0.05) is 12.1 Å². The summed E-state index contributed by atoms with van der Waals surface area (Å²) in [5.41, 5.74) is -0.814. The van der Waals surface area contributed by atoms with E-state index in [4.69, 9.17) is 10.1 Å². The van der Waals surface area contributed by atoms with Gasteiger partial charge >= 0.3 is 0 Å². The number of ether oxygens (including phenoxy) is 1. The van der Waals surface area contributed by atoms with Crippen LogP contribution in [0.5, 0.6) is 5.75 Å². The summed E-state index contributed by atoms with van der Waals surface area (Å²) < 4.78 is 5.22. The lowest BCUT2D eigenvalue weighted by molar-refractivity contribution is 0.0794. The molecule has 0 spiro atoms. The normalized spacial score (nSPS) is 30.3. The van der Waals surface area contributed by atoms with Crippen LogP contribution in [0.1, 0.15) is 17.9 Å². The van der Waals surface area contributed by atoms with Crippen LogP contribution < -0.4 is 4.74 Å². The molecule has 26 heavy (non-hydrogen) atoms. The average molecular weight is 347 g/mol. The molecule has 0 aromatic heterocycles. The Morgan fingerprint density at radius 1 is 1.15 bits per heavy atom. The Balaban J connectivity index is 2.18. The van der Waals surface area contributed by atoms with Gasteiger partial charge in [-0.05, 0) is 49.5 Å². The molecule has 0 amide bonds. The van der Waals surface area contributed by atoms with E-state index in [1.807, 2.05) is 31.3 Å². The van der Waals surface area contributed by atoms with Crippen LogP contribution in [0.15, 0.2) is 24.3 Å². The van der Waals surface area contributed by atoms with Crippen molar-refractivity contribution >= 4 is 5.71 Å². The van der Waals surface area contributed by atoms with E-state index in [0.717, 1.165) is 18.5 Å². The van der Waals surface area contributed by atoms with E-state index < -0.39 is 17.3 Å². The largest absolute Gasteiger partial charge is 0.497 e. The summed E-state index contributed by atoms with van der Waals surface area (Å²) in [6.07, 6.45) is 0.793. The second-order valence-corrected chi connectivity index (χ2v) is 7.18. The molecule has 6 heteroatoms. The van der Waals surface area contributed by atoms with E-state index in [0.29, 0.717) is 12.3 Å². The molecule has 1 N–H and O–H groups in total. The third-order valence-electron chi connectivity index (χ3n) is 5.94. The van der Waals surface area contributed by atoms with Crippen molar-refractivity contribution in [3.05, 3.63) is 29.8 Å². The van der Waals surface area contributed by atoms with Gasteiger partial charge in [-0.25, -0.2) is 0 Å². The van der Waals surface area contributed by atoms with Crippen LogP contribution in [0.2, 0.25) is 0 Å². The van der Waals surface area contributed by atoms with Gasteiger partial charge in [-0.3, -0.25) is 0 Å². The number of hydrogen-bond acceptors (Lipinski definition) is 6. The Kier molecular flexibility index (Phi) is 4.68. The van der Waals surface area contributed by atoms with E-state index in [9.17, 15) is 15.8 Å². The molecule has 2 fully saturated rings. The lowest BCUT2D eigenvalue weighted by Gasteiger charge is -2.51. The Hall–Kier alpha value is -2.88. The maximum absolute atomic E-state index is 9.95. The predicted octanol–water partition coefficient (Wildman–Crippen LogP) is 2.55. The zero-order valence-corrected chi connectivity index (χ0v) is 14.9. The summed E-state index contributed by atoms with van der Waals surface area (Å²) >= 11 is 0. The lowest BCUT2D eigenvalue weighted by Crippen LogP contribution is -2.56. The minimum atomic E-state index is -1.62. The molecule has 1 unspecified atom stereocenters. The fraction of sp³-hybridized carbons (Fsp3) is 0.500. The molecule has 0 radical (unpaired) electrons. The third-order valence-corrected chi connectivity index (χ3v) is 5.94. The van der Waals surface area contributed by atoms with Crippen molar-refractivity contribution < 1.29 is 4.74 Å². The van der Waals surface area contributed by atoms with Crippen LogP contribution in [-0.4, -0.2) is 37.9 Å². The number of nitrogens with zero attached hydrogens (tertiary/aromatic N) is 4. The summed E-state index contributed by atoms with van der Waals surface area (Å²) in [7, 11) is 3.60. The number of piperidine rings is 1. The number of methoxy groups -OCH3 is 1. The first-order chi connectivity index (χ1) is 12.5.